The third kappa shape index (κ3) is 5.10. The molecule has 2 aromatic rings. The van der Waals surface area contributed by atoms with Crippen molar-refractivity contribution >= 4 is 22.8 Å². The molecule has 0 aromatic heterocycles. The molecule has 2 rings (SSSR count). The molecule has 1 N–H and O–H groups in total. The molecule has 0 radical (unpaired) electrons. The highest BCUT2D eigenvalue weighted by molar-refractivity contribution is 5.85. The van der Waals surface area contributed by atoms with E-state index in [1.807, 2.05) is 37.3 Å². The minimum atomic E-state index is -0.669. The second-order valence-corrected chi connectivity index (χ2v) is 5.34. The van der Waals surface area contributed by atoms with E-state index in [2.05, 4.69) is 10.5 Å². The summed E-state index contributed by atoms with van der Waals surface area (Å²) >= 11 is 0. The van der Waals surface area contributed by atoms with Gasteiger partial charge in [-0.15, -0.1) is 0 Å². The van der Waals surface area contributed by atoms with Gasteiger partial charge in [0.15, 0.2) is 0 Å². The van der Waals surface area contributed by atoms with Crippen LogP contribution in [0, 0.1) is 20.2 Å². The van der Waals surface area contributed by atoms with Gasteiger partial charge in [0.1, 0.15) is 5.69 Å². The van der Waals surface area contributed by atoms with Gasteiger partial charge in [0.25, 0.3) is 5.69 Å². The van der Waals surface area contributed by atoms with E-state index >= 15 is 0 Å². The summed E-state index contributed by atoms with van der Waals surface area (Å²) in [6.45, 7) is 1.95. The van der Waals surface area contributed by atoms with Crippen LogP contribution in [0.15, 0.2) is 53.6 Å². The maximum Gasteiger partial charge on any atom is 0.301 e. The Kier molecular flexibility index (Phi) is 6.16. The van der Waals surface area contributed by atoms with Crippen LogP contribution in [0.25, 0.3) is 0 Å². The number of hydrogen-bond donors (Lipinski definition) is 1. The molecule has 25 heavy (non-hydrogen) atoms. The topological polar surface area (TPSA) is 111 Å². The summed E-state index contributed by atoms with van der Waals surface area (Å²) in [7, 11) is 0. The highest BCUT2D eigenvalue weighted by Gasteiger charge is 2.19. The average Bonchev–Trinajstić information content (AvgIpc) is 2.62. The van der Waals surface area contributed by atoms with Crippen molar-refractivity contribution < 1.29 is 9.85 Å². The molecule has 2 aromatic carbocycles. The van der Waals surface area contributed by atoms with Crippen LogP contribution in [-0.4, -0.2) is 15.6 Å². The van der Waals surface area contributed by atoms with Gasteiger partial charge in [0, 0.05) is 11.8 Å². The largest absolute Gasteiger partial charge is 0.301 e. The van der Waals surface area contributed by atoms with Crippen LogP contribution in [0.5, 0.6) is 0 Å². The van der Waals surface area contributed by atoms with Crippen LogP contribution in [0.2, 0.25) is 0 Å². The quantitative estimate of drug-likeness (QED) is 0.436. The predicted molar refractivity (Wildman–Crippen MR) is 95.9 cm³/mol. The van der Waals surface area contributed by atoms with Gasteiger partial charge in [-0.2, -0.15) is 5.10 Å². The van der Waals surface area contributed by atoms with Gasteiger partial charge in [-0.1, -0.05) is 37.3 Å². The molecule has 0 spiro atoms. The molecule has 8 heteroatoms. The fraction of sp³-hybridized carbons (Fsp3) is 0.235. The number of nitrogens with one attached hydrogen (secondary N) is 1. The van der Waals surface area contributed by atoms with Gasteiger partial charge in [0.05, 0.1) is 15.9 Å². The lowest BCUT2D eigenvalue weighted by atomic mass is 10.1. The first kappa shape index (κ1) is 18.1. The normalized spacial score (nSPS) is 11.2. The van der Waals surface area contributed by atoms with Gasteiger partial charge in [-0.05, 0) is 30.9 Å². The summed E-state index contributed by atoms with van der Waals surface area (Å²) in [4.78, 5) is 20.5. The number of anilines is 1. The second kappa shape index (κ2) is 8.53. The number of hydrazone groups is 1. The van der Waals surface area contributed by atoms with Gasteiger partial charge >= 0.3 is 5.69 Å². The van der Waals surface area contributed by atoms with Crippen molar-refractivity contribution in [3.63, 3.8) is 0 Å². The van der Waals surface area contributed by atoms with Crippen LogP contribution < -0.4 is 5.43 Å². The molecule has 0 unspecified atom stereocenters. The maximum absolute atomic E-state index is 11.1. The Morgan fingerprint density at radius 3 is 2.40 bits per heavy atom. The zero-order valence-corrected chi connectivity index (χ0v) is 13.7. The fourth-order valence-corrected chi connectivity index (χ4v) is 2.26. The summed E-state index contributed by atoms with van der Waals surface area (Å²) in [5, 5.41) is 26.1. The van der Waals surface area contributed by atoms with Crippen molar-refractivity contribution in [3.05, 3.63) is 74.3 Å². The van der Waals surface area contributed by atoms with Crippen LogP contribution >= 0.6 is 0 Å². The molecule has 0 atom stereocenters. The number of benzene rings is 2. The Morgan fingerprint density at radius 1 is 1.08 bits per heavy atom. The van der Waals surface area contributed by atoms with E-state index in [0.29, 0.717) is 12.8 Å². The Bertz CT molecular complexity index is 790. The molecule has 0 bridgehead atoms. The molecule has 0 saturated heterocycles. The number of nitro groups is 2. The number of nitrogens with zero attached hydrogens (tertiary/aromatic N) is 3. The second-order valence-electron chi connectivity index (χ2n) is 5.34. The molecule has 0 aliphatic rings. The lowest BCUT2D eigenvalue weighted by Crippen LogP contribution is -2.04. The molecule has 130 valence electrons. The first-order valence-corrected chi connectivity index (χ1v) is 7.79. The van der Waals surface area contributed by atoms with E-state index in [1.165, 1.54) is 17.7 Å². The predicted octanol–water partition coefficient (Wildman–Crippen LogP) is 4.31. The standard InChI is InChI=1S/C17H18N4O4/c1-2-14(9-8-13-6-4-3-5-7-13)18-19-16-11-10-15(20(22)23)12-17(16)21(24)25/h3-7,10-12,19H,2,8-9H2,1H3. The van der Waals surface area contributed by atoms with Crippen molar-refractivity contribution in [2.75, 3.05) is 5.43 Å². The van der Waals surface area contributed by atoms with Crippen LogP contribution in [0.1, 0.15) is 25.3 Å². The van der Waals surface area contributed by atoms with Gasteiger partial charge in [-0.3, -0.25) is 25.7 Å². The summed E-state index contributed by atoms with van der Waals surface area (Å²) in [6.07, 6.45) is 2.23. The van der Waals surface area contributed by atoms with Crippen LogP contribution in [-0.2, 0) is 6.42 Å². The SMILES string of the molecule is CCC(CCc1ccccc1)=NNc1ccc([N+](=O)[O-])cc1[N+](=O)[O-]. The highest BCUT2D eigenvalue weighted by atomic mass is 16.6. The lowest BCUT2D eigenvalue weighted by Gasteiger charge is -2.06. The molecular formula is C17H18N4O4. The Labute approximate surface area is 144 Å². The van der Waals surface area contributed by atoms with E-state index in [4.69, 9.17) is 0 Å². The molecule has 0 aliphatic heterocycles. The van der Waals surface area contributed by atoms with Gasteiger partial charge in [-0.25, -0.2) is 0 Å². The summed E-state index contributed by atoms with van der Waals surface area (Å²) < 4.78 is 0. The van der Waals surface area contributed by atoms with Crippen molar-refractivity contribution in [1.29, 1.82) is 0 Å². The van der Waals surface area contributed by atoms with E-state index < -0.39 is 9.85 Å². The minimum Gasteiger partial charge on any atom is -0.272 e. The van der Waals surface area contributed by atoms with Gasteiger partial charge < -0.3 is 0 Å². The molecule has 0 aliphatic carbocycles. The molecule has 0 heterocycles. The van der Waals surface area contributed by atoms with Crippen molar-refractivity contribution in [3.8, 4) is 0 Å². The van der Waals surface area contributed by atoms with E-state index in [1.54, 1.807) is 0 Å². The summed E-state index contributed by atoms with van der Waals surface area (Å²) in [6, 6.07) is 13.4. The highest BCUT2D eigenvalue weighted by Crippen LogP contribution is 2.29. The van der Waals surface area contributed by atoms with Crippen LogP contribution in [0.3, 0.4) is 0 Å². The van der Waals surface area contributed by atoms with Crippen LogP contribution in [0.4, 0.5) is 17.1 Å². The molecule has 0 amide bonds. The number of rotatable bonds is 8. The van der Waals surface area contributed by atoms with E-state index in [9.17, 15) is 20.2 Å². The smallest absolute Gasteiger partial charge is 0.272 e. The summed E-state index contributed by atoms with van der Waals surface area (Å²) in [5.41, 5.74) is 4.13. The minimum absolute atomic E-state index is 0.126. The zero-order chi connectivity index (χ0) is 18.2. The zero-order valence-electron chi connectivity index (χ0n) is 13.7. The molecule has 0 saturated carbocycles. The molecular weight excluding hydrogens is 324 g/mol. The third-order valence-electron chi connectivity index (χ3n) is 3.68. The molecule has 0 fully saturated rings. The van der Waals surface area contributed by atoms with E-state index in [-0.39, 0.29) is 17.1 Å². The average molecular weight is 342 g/mol. The number of aryl methyl sites for hydroxylation is 1. The third-order valence-corrected chi connectivity index (χ3v) is 3.68. The molecule has 8 nitrogen and oxygen atoms in total. The Hall–Kier alpha value is -3.29. The fourth-order valence-electron chi connectivity index (χ4n) is 2.26. The first-order valence-electron chi connectivity index (χ1n) is 7.79. The monoisotopic (exact) mass is 342 g/mol. The number of non-ortho nitro benzene ring substituents is 1. The van der Waals surface area contributed by atoms with Crippen molar-refractivity contribution in [2.45, 2.75) is 26.2 Å². The summed E-state index contributed by atoms with van der Waals surface area (Å²) in [5.74, 6) is 0. The van der Waals surface area contributed by atoms with Crippen molar-refractivity contribution in [1.82, 2.24) is 0 Å². The number of hydrogen-bond acceptors (Lipinski definition) is 6. The Morgan fingerprint density at radius 2 is 1.80 bits per heavy atom. The Balaban J connectivity index is 2.12. The first-order chi connectivity index (χ1) is 12.0. The van der Waals surface area contributed by atoms with Gasteiger partial charge in [0.2, 0.25) is 0 Å². The van der Waals surface area contributed by atoms with E-state index in [0.717, 1.165) is 18.2 Å². The van der Waals surface area contributed by atoms with Crippen molar-refractivity contribution in [2.24, 2.45) is 5.10 Å². The lowest BCUT2D eigenvalue weighted by molar-refractivity contribution is -0.393. The maximum atomic E-state index is 11.1. The number of nitro benzene ring substituents is 2.